The van der Waals surface area contributed by atoms with E-state index >= 15 is 0 Å². The second kappa shape index (κ2) is 8.91. The summed E-state index contributed by atoms with van der Waals surface area (Å²) in [5, 5.41) is 4.56. The number of thiazole rings is 1. The number of rotatable bonds is 4. The van der Waals surface area contributed by atoms with Crippen LogP contribution in [0.25, 0.3) is 16.3 Å². The summed E-state index contributed by atoms with van der Waals surface area (Å²) in [5.74, 6) is 0. The molecule has 1 aromatic heterocycles. The van der Waals surface area contributed by atoms with Gasteiger partial charge in [-0.15, -0.1) is 10.2 Å². The molecule has 0 unspecified atom stereocenters. The molecule has 0 radical (unpaired) electrons. The zero-order valence-electron chi connectivity index (χ0n) is 13.4. The molecule has 0 aliphatic heterocycles. The Hall–Kier alpha value is -2.00. The molecule has 3 aromatic rings. The van der Waals surface area contributed by atoms with Crippen LogP contribution in [0.3, 0.4) is 0 Å². The van der Waals surface area contributed by atoms with Crippen LogP contribution in [0.5, 0.6) is 0 Å². The quantitative estimate of drug-likeness (QED) is 0.616. The van der Waals surface area contributed by atoms with Gasteiger partial charge in [-0.25, -0.2) is 18.6 Å². The molecular weight excluding hydrogens is 364 g/mol. The lowest BCUT2D eigenvalue weighted by Crippen LogP contribution is -2.68. The lowest BCUT2D eigenvalue weighted by atomic mass is 10.3. The number of hydrogen-bond donors (Lipinski definition) is 1. The van der Waals surface area contributed by atoms with Crippen molar-refractivity contribution in [3.63, 3.8) is 0 Å². The molecule has 0 aliphatic rings. The molecule has 0 aliphatic carbocycles. The third-order valence-electron chi connectivity index (χ3n) is 3.20. The molecule has 0 fully saturated rings. The Bertz CT molecular complexity index is 826. The SMILES string of the molecule is CC[n+]1c(C=CNc2ccccc2)sc2ccccc21.[O-][Cl+3]([O-])([O-])[O-]. The smallest absolute Gasteiger partial charge is 0.264 e. The molecule has 0 atom stereocenters. The number of hydrogen-bond acceptors (Lipinski definition) is 6. The van der Waals surface area contributed by atoms with Gasteiger partial charge in [0.05, 0.1) is 0 Å². The fourth-order valence-corrected chi connectivity index (χ4v) is 3.38. The molecule has 0 spiro atoms. The van der Waals surface area contributed by atoms with Crippen LogP contribution < -0.4 is 28.5 Å². The standard InChI is InChI=1S/C17H16N2S.ClHO4/c1-2-19-15-10-6-7-11-16(15)20-17(19)12-13-18-14-8-4-3-5-9-14;2-1(3,4)5/h3-13H,2H2,1H3;(H,2,3,4,5). The van der Waals surface area contributed by atoms with Crippen LogP contribution in [-0.4, -0.2) is 0 Å². The van der Waals surface area contributed by atoms with E-state index in [1.54, 1.807) is 0 Å². The van der Waals surface area contributed by atoms with Crippen LogP contribution in [0.15, 0.2) is 60.8 Å². The summed E-state index contributed by atoms with van der Waals surface area (Å²) < 4.78 is 37.6. The Morgan fingerprint density at radius 2 is 1.60 bits per heavy atom. The molecule has 6 nitrogen and oxygen atoms in total. The van der Waals surface area contributed by atoms with Crippen molar-refractivity contribution < 1.29 is 33.4 Å². The van der Waals surface area contributed by atoms with E-state index in [2.05, 4.69) is 59.3 Å². The molecule has 0 bridgehead atoms. The minimum atomic E-state index is -4.94. The highest BCUT2D eigenvalue weighted by molar-refractivity contribution is 7.18. The van der Waals surface area contributed by atoms with E-state index in [4.69, 9.17) is 18.6 Å². The summed E-state index contributed by atoms with van der Waals surface area (Å²) in [7, 11) is -4.94. The number of halogens is 1. The Morgan fingerprint density at radius 1 is 1.00 bits per heavy atom. The van der Waals surface area contributed by atoms with Crippen molar-refractivity contribution in [3.8, 4) is 0 Å². The van der Waals surface area contributed by atoms with Crippen LogP contribution >= 0.6 is 11.3 Å². The van der Waals surface area contributed by atoms with Gasteiger partial charge < -0.3 is 5.32 Å². The van der Waals surface area contributed by atoms with Crippen molar-refractivity contribution in [2.75, 3.05) is 5.32 Å². The molecule has 2 aromatic carbocycles. The number of aryl methyl sites for hydroxylation is 1. The Labute approximate surface area is 151 Å². The zero-order chi connectivity index (χ0) is 18.3. The predicted molar refractivity (Wildman–Crippen MR) is 86.8 cm³/mol. The van der Waals surface area contributed by atoms with Gasteiger partial charge in [0.2, 0.25) is 5.52 Å². The maximum atomic E-state index is 8.49. The van der Waals surface area contributed by atoms with E-state index in [9.17, 15) is 0 Å². The summed E-state index contributed by atoms with van der Waals surface area (Å²) in [4.78, 5) is 0. The number of nitrogens with zero attached hydrogens (tertiary/aromatic N) is 1. The first-order valence-corrected chi connectivity index (χ1v) is 9.45. The molecule has 25 heavy (non-hydrogen) atoms. The van der Waals surface area contributed by atoms with E-state index < -0.39 is 10.2 Å². The highest BCUT2D eigenvalue weighted by Gasteiger charge is 2.15. The second-order valence-electron chi connectivity index (χ2n) is 4.87. The number of aromatic nitrogens is 1. The molecule has 132 valence electrons. The van der Waals surface area contributed by atoms with Gasteiger partial charge >= 0.3 is 0 Å². The predicted octanol–water partition coefficient (Wildman–Crippen LogP) is -0.464. The third-order valence-corrected chi connectivity index (χ3v) is 4.33. The van der Waals surface area contributed by atoms with Crippen LogP contribution in [-0.2, 0) is 6.54 Å². The van der Waals surface area contributed by atoms with Gasteiger partial charge in [0, 0.05) is 24.0 Å². The van der Waals surface area contributed by atoms with Gasteiger partial charge in [0.25, 0.3) is 5.01 Å². The highest BCUT2D eigenvalue weighted by atomic mass is 35.7. The number of para-hydroxylation sites is 2. The monoisotopic (exact) mass is 380 g/mol. The highest BCUT2D eigenvalue weighted by Crippen LogP contribution is 2.21. The number of benzene rings is 2. The Balaban J connectivity index is 0.000000399. The summed E-state index contributed by atoms with van der Waals surface area (Å²) in [6.07, 6.45) is 4.15. The van der Waals surface area contributed by atoms with Crippen molar-refractivity contribution >= 4 is 33.3 Å². The average Bonchev–Trinajstić information content (AvgIpc) is 2.91. The van der Waals surface area contributed by atoms with Gasteiger partial charge in [-0.1, -0.05) is 41.7 Å². The largest absolute Gasteiger partial charge is 0.361 e. The fourth-order valence-electron chi connectivity index (χ4n) is 2.25. The minimum absolute atomic E-state index is 0.981. The molecule has 0 amide bonds. The van der Waals surface area contributed by atoms with E-state index in [0.717, 1.165) is 12.2 Å². The van der Waals surface area contributed by atoms with Gasteiger partial charge in [0.1, 0.15) is 11.2 Å². The Morgan fingerprint density at radius 3 is 2.24 bits per heavy atom. The van der Waals surface area contributed by atoms with Gasteiger partial charge in [0.15, 0.2) is 0 Å². The molecule has 3 rings (SSSR count). The number of anilines is 1. The lowest BCUT2D eigenvalue weighted by molar-refractivity contribution is -2.00. The minimum Gasteiger partial charge on any atom is -0.361 e. The van der Waals surface area contributed by atoms with E-state index in [1.165, 1.54) is 15.2 Å². The van der Waals surface area contributed by atoms with E-state index in [-0.39, 0.29) is 0 Å². The maximum Gasteiger partial charge on any atom is 0.264 e. The third kappa shape index (κ3) is 6.43. The van der Waals surface area contributed by atoms with Crippen LogP contribution in [0, 0.1) is 10.2 Å². The summed E-state index contributed by atoms with van der Waals surface area (Å²) in [5.41, 5.74) is 2.41. The van der Waals surface area contributed by atoms with Gasteiger partial charge in [-0.05, 0) is 25.1 Å². The summed E-state index contributed by atoms with van der Waals surface area (Å²) >= 11 is 1.82. The van der Waals surface area contributed by atoms with E-state index in [1.807, 2.05) is 35.7 Å². The first-order valence-electron chi connectivity index (χ1n) is 7.39. The maximum absolute atomic E-state index is 8.49. The van der Waals surface area contributed by atoms with Crippen molar-refractivity contribution in [2.24, 2.45) is 0 Å². The summed E-state index contributed by atoms with van der Waals surface area (Å²) in [6.45, 7) is 3.16. The first kappa shape index (κ1) is 19.3. The lowest BCUT2D eigenvalue weighted by Gasteiger charge is -2.17. The molecule has 0 saturated heterocycles. The molecule has 1 N–H and O–H groups in total. The molecule has 0 saturated carbocycles. The van der Waals surface area contributed by atoms with E-state index in [0.29, 0.717) is 0 Å². The van der Waals surface area contributed by atoms with Crippen molar-refractivity contribution in [1.82, 2.24) is 0 Å². The molecule has 1 heterocycles. The Kier molecular flexibility index (Phi) is 6.89. The zero-order valence-corrected chi connectivity index (χ0v) is 15.0. The van der Waals surface area contributed by atoms with Crippen molar-refractivity contribution in [2.45, 2.75) is 13.5 Å². The molecular formula is C17H17ClN2O4S. The average molecular weight is 381 g/mol. The summed E-state index contributed by atoms with van der Waals surface area (Å²) in [6, 6.07) is 18.7. The van der Waals surface area contributed by atoms with Crippen molar-refractivity contribution in [3.05, 3.63) is 65.8 Å². The van der Waals surface area contributed by atoms with Gasteiger partial charge in [-0.2, -0.15) is 4.57 Å². The first-order chi connectivity index (χ1) is 11.9. The number of nitrogens with one attached hydrogen (secondary N) is 1. The second-order valence-corrected chi connectivity index (χ2v) is 6.69. The van der Waals surface area contributed by atoms with Crippen LogP contribution in [0.2, 0.25) is 0 Å². The molecule has 8 heteroatoms. The number of fused-ring (bicyclic) bond motifs is 1. The van der Waals surface area contributed by atoms with Crippen molar-refractivity contribution in [1.29, 1.82) is 0 Å². The topological polar surface area (TPSA) is 108 Å². The fraction of sp³-hybridized carbons (Fsp3) is 0.118. The van der Waals surface area contributed by atoms with Gasteiger partial charge in [-0.3, -0.25) is 0 Å². The normalized spacial score (nSPS) is 11.4. The van der Waals surface area contributed by atoms with Crippen LogP contribution in [0.1, 0.15) is 11.9 Å². The van der Waals surface area contributed by atoms with Crippen LogP contribution in [0.4, 0.5) is 5.69 Å².